The highest BCUT2D eigenvalue weighted by atomic mass is 35.5. The molecular formula is C25H22Cl2N2O7. The number of hydrogen-bond donors (Lipinski definition) is 4. The first kappa shape index (κ1) is 26.9. The maximum absolute atomic E-state index is 13.1. The van der Waals surface area contributed by atoms with Crippen LogP contribution >= 0.6 is 24.8 Å². The number of ether oxygens (including phenoxy) is 1. The van der Waals surface area contributed by atoms with E-state index < -0.39 is 29.0 Å². The third-order valence-electron chi connectivity index (χ3n) is 6.26. The van der Waals surface area contributed by atoms with Crippen LogP contribution in [0.4, 0.5) is 10.5 Å². The standard InChI is InChI=1S/C25H20N2O7.2ClH/c28-20-14-5-1-2-6-15(14)21(29)19-18(20)22(30)16-7-8-25(33,10-17(16)23(19)31)12-34-24(32)27-13-4-3-9-26-11-13;;/h1-6,9,11,30-31,33H,7-8,10,12H2,(H,27,32);2*1H. The van der Waals surface area contributed by atoms with Crippen molar-refractivity contribution in [1.29, 1.82) is 0 Å². The molecule has 36 heavy (non-hydrogen) atoms. The maximum atomic E-state index is 13.1. The molecule has 11 heteroatoms. The van der Waals surface area contributed by atoms with E-state index in [0.29, 0.717) is 11.3 Å². The van der Waals surface area contributed by atoms with Crippen molar-refractivity contribution in [3.63, 3.8) is 0 Å². The van der Waals surface area contributed by atoms with Crippen LogP contribution in [0.15, 0.2) is 48.8 Å². The van der Waals surface area contributed by atoms with Gasteiger partial charge in [-0.3, -0.25) is 19.9 Å². The molecule has 0 spiro atoms. The summed E-state index contributed by atoms with van der Waals surface area (Å²) in [6, 6.07) is 9.48. The number of nitrogens with zero attached hydrogens (tertiary/aromatic N) is 1. The fourth-order valence-corrected chi connectivity index (χ4v) is 4.56. The fraction of sp³-hybridized carbons (Fsp3) is 0.200. The minimum atomic E-state index is -1.54. The number of hydrogen-bond acceptors (Lipinski definition) is 8. The first-order valence-electron chi connectivity index (χ1n) is 10.6. The number of anilines is 1. The Morgan fingerprint density at radius 2 is 1.58 bits per heavy atom. The highest BCUT2D eigenvalue weighted by Crippen LogP contribution is 2.47. The molecule has 2 aliphatic rings. The number of aromatic hydroxyl groups is 2. The number of pyridine rings is 1. The molecule has 1 heterocycles. The number of phenols is 2. The highest BCUT2D eigenvalue weighted by Gasteiger charge is 2.42. The molecule has 0 saturated heterocycles. The second kappa shape index (κ2) is 10.1. The molecule has 0 saturated carbocycles. The fourth-order valence-electron chi connectivity index (χ4n) is 4.56. The molecule has 2 aromatic carbocycles. The van der Waals surface area contributed by atoms with Gasteiger partial charge in [0.25, 0.3) is 0 Å². The Bertz CT molecular complexity index is 1360. The number of fused-ring (bicyclic) bond motifs is 3. The van der Waals surface area contributed by atoms with E-state index in [1.807, 2.05) is 0 Å². The second-order valence-corrected chi connectivity index (χ2v) is 8.45. The van der Waals surface area contributed by atoms with E-state index in [0.717, 1.165) is 0 Å². The SMILES string of the molecule is Cl.Cl.O=C(Nc1cccnc1)OCC1(O)CCc2c(O)c3c(c(O)c2C1)C(=O)c1ccccc1C3=O. The summed E-state index contributed by atoms with van der Waals surface area (Å²) in [5.41, 5.74) is -0.880. The van der Waals surface area contributed by atoms with E-state index in [1.54, 1.807) is 30.5 Å². The van der Waals surface area contributed by atoms with E-state index in [1.165, 1.54) is 18.3 Å². The summed E-state index contributed by atoms with van der Waals surface area (Å²) in [7, 11) is 0. The van der Waals surface area contributed by atoms with E-state index in [4.69, 9.17) is 4.74 Å². The first-order valence-corrected chi connectivity index (χ1v) is 10.6. The Hall–Kier alpha value is -3.66. The molecule has 0 radical (unpaired) electrons. The molecule has 2 aliphatic carbocycles. The molecule has 9 nitrogen and oxygen atoms in total. The lowest BCUT2D eigenvalue weighted by atomic mass is 9.74. The summed E-state index contributed by atoms with van der Waals surface area (Å²) >= 11 is 0. The zero-order chi connectivity index (χ0) is 24.0. The van der Waals surface area contributed by atoms with Crippen molar-refractivity contribution in [1.82, 2.24) is 4.98 Å². The number of aromatic nitrogens is 1. The molecule has 0 bridgehead atoms. The van der Waals surface area contributed by atoms with Crippen LogP contribution in [-0.2, 0) is 17.6 Å². The van der Waals surface area contributed by atoms with Crippen LogP contribution in [-0.4, -0.2) is 50.2 Å². The summed E-state index contributed by atoms with van der Waals surface area (Å²) < 4.78 is 5.18. The van der Waals surface area contributed by atoms with Gasteiger partial charge >= 0.3 is 6.09 Å². The van der Waals surface area contributed by atoms with Gasteiger partial charge in [0.05, 0.1) is 23.0 Å². The normalized spacial score (nSPS) is 17.5. The van der Waals surface area contributed by atoms with Crippen molar-refractivity contribution in [2.24, 2.45) is 0 Å². The van der Waals surface area contributed by atoms with Gasteiger partial charge in [0.1, 0.15) is 23.7 Å². The molecule has 3 aromatic rings. The summed E-state index contributed by atoms with van der Waals surface area (Å²) in [5.74, 6) is -1.94. The molecule has 188 valence electrons. The Balaban J connectivity index is 0.00000180. The van der Waals surface area contributed by atoms with Crippen molar-refractivity contribution in [2.75, 3.05) is 11.9 Å². The number of rotatable bonds is 3. The summed E-state index contributed by atoms with van der Waals surface area (Å²) in [4.78, 5) is 42.1. The van der Waals surface area contributed by atoms with Gasteiger partial charge in [-0.15, -0.1) is 24.8 Å². The molecule has 0 aliphatic heterocycles. The Morgan fingerprint density at radius 3 is 2.17 bits per heavy atom. The maximum Gasteiger partial charge on any atom is 0.411 e. The lowest BCUT2D eigenvalue weighted by molar-refractivity contribution is -0.0292. The minimum absolute atomic E-state index is 0. The summed E-state index contributed by atoms with van der Waals surface area (Å²) in [6.45, 7) is -0.383. The number of ketones is 2. The van der Waals surface area contributed by atoms with Crippen molar-refractivity contribution >= 4 is 48.2 Å². The van der Waals surface area contributed by atoms with Crippen LogP contribution < -0.4 is 5.32 Å². The summed E-state index contributed by atoms with van der Waals surface area (Å²) in [6.07, 6.45) is 2.23. The van der Waals surface area contributed by atoms with Crippen molar-refractivity contribution in [2.45, 2.75) is 24.9 Å². The zero-order valence-electron chi connectivity index (χ0n) is 18.7. The van der Waals surface area contributed by atoms with Gasteiger partial charge in [0, 0.05) is 34.9 Å². The van der Waals surface area contributed by atoms with Crippen LogP contribution in [0, 0.1) is 0 Å². The lowest BCUT2D eigenvalue weighted by Crippen LogP contribution is -2.42. The topological polar surface area (TPSA) is 146 Å². The molecule has 1 aromatic heterocycles. The van der Waals surface area contributed by atoms with Gasteiger partial charge in [0.2, 0.25) is 0 Å². The molecule has 4 N–H and O–H groups in total. The van der Waals surface area contributed by atoms with Crippen molar-refractivity contribution < 1.29 is 34.4 Å². The Labute approximate surface area is 218 Å². The average Bonchev–Trinajstić information content (AvgIpc) is 2.84. The summed E-state index contributed by atoms with van der Waals surface area (Å²) in [5, 5.41) is 35.5. The van der Waals surface area contributed by atoms with Crippen LogP contribution in [0.5, 0.6) is 11.5 Å². The van der Waals surface area contributed by atoms with E-state index in [2.05, 4.69) is 10.3 Å². The molecule has 1 amide bonds. The van der Waals surface area contributed by atoms with Gasteiger partial charge in [-0.25, -0.2) is 4.79 Å². The third-order valence-corrected chi connectivity index (χ3v) is 6.26. The van der Waals surface area contributed by atoms with Gasteiger partial charge in [0.15, 0.2) is 11.6 Å². The van der Waals surface area contributed by atoms with Crippen molar-refractivity contribution in [3.05, 3.63) is 82.2 Å². The Kier molecular flexibility index (Phi) is 7.59. The predicted octanol–water partition coefficient (Wildman–Crippen LogP) is 3.58. The van der Waals surface area contributed by atoms with E-state index >= 15 is 0 Å². The smallest absolute Gasteiger partial charge is 0.411 e. The Morgan fingerprint density at radius 1 is 0.972 bits per heavy atom. The number of carbonyl (C=O) groups excluding carboxylic acids is 3. The average molecular weight is 533 g/mol. The molecule has 1 atom stereocenters. The van der Waals surface area contributed by atoms with Gasteiger partial charge in [-0.2, -0.15) is 0 Å². The van der Waals surface area contributed by atoms with Crippen LogP contribution in [0.1, 0.15) is 49.4 Å². The third kappa shape index (κ3) is 4.48. The number of halogens is 2. The number of benzene rings is 2. The quantitative estimate of drug-likeness (QED) is 0.293. The molecule has 1 unspecified atom stereocenters. The second-order valence-electron chi connectivity index (χ2n) is 8.45. The van der Waals surface area contributed by atoms with Gasteiger partial charge in [-0.1, -0.05) is 24.3 Å². The first-order chi connectivity index (χ1) is 16.3. The number of phenolic OH excluding ortho intramolecular Hbond substituents is 2. The number of carbonyl (C=O) groups is 3. The number of nitrogens with one attached hydrogen (secondary N) is 1. The molecular weight excluding hydrogens is 511 g/mol. The predicted molar refractivity (Wildman–Crippen MR) is 134 cm³/mol. The number of aliphatic hydroxyl groups is 1. The van der Waals surface area contributed by atoms with Crippen LogP contribution in [0.2, 0.25) is 0 Å². The van der Waals surface area contributed by atoms with E-state index in [9.17, 15) is 29.7 Å². The van der Waals surface area contributed by atoms with Crippen LogP contribution in [0.25, 0.3) is 0 Å². The monoisotopic (exact) mass is 532 g/mol. The minimum Gasteiger partial charge on any atom is -0.507 e. The lowest BCUT2D eigenvalue weighted by Gasteiger charge is -2.35. The largest absolute Gasteiger partial charge is 0.507 e. The highest BCUT2D eigenvalue weighted by molar-refractivity contribution is 6.30. The molecule has 0 fully saturated rings. The van der Waals surface area contributed by atoms with Crippen LogP contribution in [0.3, 0.4) is 0 Å². The number of amides is 1. The van der Waals surface area contributed by atoms with E-state index in [-0.39, 0.29) is 84.3 Å². The van der Waals surface area contributed by atoms with Gasteiger partial charge in [-0.05, 0) is 25.0 Å². The van der Waals surface area contributed by atoms with Gasteiger partial charge < -0.3 is 20.1 Å². The zero-order valence-corrected chi connectivity index (χ0v) is 20.3. The van der Waals surface area contributed by atoms with Crippen molar-refractivity contribution in [3.8, 4) is 11.5 Å². The molecule has 5 rings (SSSR count).